The third kappa shape index (κ3) is 2.87. The Morgan fingerprint density at radius 2 is 2.06 bits per heavy atom. The predicted molar refractivity (Wildman–Crippen MR) is 74.2 cm³/mol. The lowest BCUT2D eigenvalue weighted by atomic mass is 9.76. The summed E-state index contributed by atoms with van der Waals surface area (Å²) in [5, 5.41) is 9.40. The molecule has 0 radical (unpaired) electrons. The molecule has 1 aliphatic carbocycles. The van der Waals surface area contributed by atoms with Crippen molar-refractivity contribution in [1.82, 2.24) is 9.80 Å². The van der Waals surface area contributed by atoms with Crippen LogP contribution < -0.4 is 0 Å². The highest BCUT2D eigenvalue weighted by Gasteiger charge is 2.37. The Kier molecular flexibility index (Phi) is 4.64. The molecular weight excluding hydrogens is 222 g/mol. The van der Waals surface area contributed by atoms with Crippen LogP contribution in [0.25, 0.3) is 0 Å². The molecule has 0 spiro atoms. The summed E-state index contributed by atoms with van der Waals surface area (Å²) in [6.45, 7) is 8.04. The van der Waals surface area contributed by atoms with E-state index in [4.69, 9.17) is 0 Å². The monoisotopic (exact) mass is 249 g/mol. The first-order chi connectivity index (χ1) is 8.65. The molecule has 1 aliphatic heterocycles. The van der Waals surface area contributed by atoms with E-state index in [0.29, 0.717) is 12.1 Å². The van der Waals surface area contributed by atoms with Gasteiger partial charge in [0.1, 0.15) is 0 Å². The first kappa shape index (κ1) is 13.8. The van der Waals surface area contributed by atoms with Crippen molar-refractivity contribution in [3.8, 4) is 6.07 Å². The fraction of sp³-hybridized carbons (Fsp3) is 0.933. The Morgan fingerprint density at radius 1 is 1.28 bits per heavy atom. The molecule has 102 valence electrons. The number of piperazine rings is 1. The molecule has 0 aromatic rings. The SMILES string of the molecule is CCC1CCC(C#N)C(N2CCN(C)CC2C)C1. The second-order valence-electron chi connectivity index (χ2n) is 6.24. The van der Waals surface area contributed by atoms with Gasteiger partial charge in [-0.15, -0.1) is 0 Å². The van der Waals surface area contributed by atoms with Crippen LogP contribution in [0.3, 0.4) is 0 Å². The van der Waals surface area contributed by atoms with Crippen LogP contribution in [0.15, 0.2) is 0 Å². The zero-order chi connectivity index (χ0) is 13.1. The van der Waals surface area contributed by atoms with Crippen molar-refractivity contribution in [2.24, 2.45) is 11.8 Å². The van der Waals surface area contributed by atoms with Crippen molar-refractivity contribution in [1.29, 1.82) is 5.26 Å². The van der Waals surface area contributed by atoms with Gasteiger partial charge in [-0.25, -0.2) is 0 Å². The van der Waals surface area contributed by atoms with Gasteiger partial charge in [-0.1, -0.05) is 13.3 Å². The van der Waals surface area contributed by atoms with E-state index in [9.17, 15) is 5.26 Å². The summed E-state index contributed by atoms with van der Waals surface area (Å²) >= 11 is 0. The van der Waals surface area contributed by atoms with E-state index in [1.165, 1.54) is 19.3 Å². The summed E-state index contributed by atoms with van der Waals surface area (Å²) in [5.41, 5.74) is 0. The summed E-state index contributed by atoms with van der Waals surface area (Å²) in [5.74, 6) is 1.10. The smallest absolute Gasteiger partial charge is 0.0672 e. The zero-order valence-electron chi connectivity index (χ0n) is 12.1. The maximum absolute atomic E-state index is 9.40. The Morgan fingerprint density at radius 3 is 2.67 bits per heavy atom. The van der Waals surface area contributed by atoms with Gasteiger partial charge in [0.15, 0.2) is 0 Å². The molecule has 0 bridgehead atoms. The van der Waals surface area contributed by atoms with Crippen molar-refractivity contribution in [3.63, 3.8) is 0 Å². The molecule has 3 nitrogen and oxygen atoms in total. The summed E-state index contributed by atoms with van der Waals surface area (Å²) in [4.78, 5) is 5.03. The number of likely N-dealkylation sites (N-methyl/N-ethyl adjacent to an activating group) is 1. The van der Waals surface area contributed by atoms with Crippen LogP contribution in [-0.4, -0.2) is 48.6 Å². The second kappa shape index (κ2) is 6.04. The molecule has 1 heterocycles. The van der Waals surface area contributed by atoms with E-state index < -0.39 is 0 Å². The molecule has 18 heavy (non-hydrogen) atoms. The van der Waals surface area contributed by atoms with Gasteiger partial charge >= 0.3 is 0 Å². The summed E-state index contributed by atoms with van der Waals surface area (Å²) in [7, 11) is 2.20. The van der Waals surface area contributed by atoms with E-state index in [0.717, 1.165) is 32.0 Å². The summed E-state index contributed by atoms with van der Waals surface area (Å²) in [6, 6.07) is 3.68. The van der Waals surface area contributed by atoms with E-state index >= 15 is 0 Å². The number of hydrogen-bond acceptors (Lipinski definition) is 3. The fourth-order valence-corrected chi connectivity index (χ4v) is 3.77. The minimum absolute atomic E-state index is 0.263. The van der Waals surface area contributed by atoms with Crippen LogP contribution in [0.4, 0.5) is 0 Å². The predicted octanol–water partition coefficient (Wildman–Crippen LogP) is 2.34. The molecule has 1 saturated carbocycles. The molecule has 2 rings (SSSR count). The number of nitrogens with zero attached hydrogens (tertiary/aromatic N) is 3. The molecule has 2 fully saturated rings. The molecule has 2 aliphatic rings. The molecule has 0 N–H and O–H groups in total. The maximum atomic E-state index is 9.40. The van der Waals surface area contributed by atoms with Gasteiger partial charge in [-0.05, 0) is 39.2 Å². The minimum atomic E-state index is 0.263. The first-order valence-electron chi connectivity index (χ1n) is 7.49. The van der Waals surface area contributed by atoms with Crippen LogP contribution in [0.2, 0.25) is 0 Å². The Balaban J connectivity index is 2.05. The third-order valence-corrected chi connectivity index (χ3v) is 4.98. The second-order valence-corrected chi connectivity index (χ2v) is 6.24. The van der Waals surface area contributed by atoms with Crippen molar-refractivity contribution >= 4 is 0 Å². The van der Waals surface area contributed by atoms with Gasteiger partial charge in [0.05, 0.1) is 12.0 Å². The highest BCUT2D eigenvalue weighted by Crippen LogP contribution is 2.35. The molecule has 4 unspecified atom stereocenters. The van der Waals surface area contributed by atoms with Crippen LogP contribution in [0, 0.1) is 23.2 Å². The molecule has 1 saturated heterocycles. The highest BCUT2D eigenvalue weighted by molar-refractivity contribution is 4.99. The van der Waals surface area contributed by atoms with Gasteiger partial charge in [-0.2, -0.15) is 5.26 Å². The fourth-order valence-electron chi connectivity index (χ4n) is 3.77. The van der Waals surface area contributed by atoms with E-state index in [-0.39, 0.29) is 5.92 Å². The van der Waals surface area contributed by atoms with Crippen LogP contribution >= 0.6 is 0 Å². The summed E-state index contributed by atoms with van der Waals surface area (Å²) < 4.78 is 0. The van der Waals surface area contributed by atoms with E-state index in [1.54, 1.807) is 0 Å². The maximum Gasteiger partial charge on any atom is 0.0672 e. The standard InChI is InChI=1S/C15H27N3/c1-4-13-5-6-14(10-16)15(9-13)18-8-7-17(3)11-12(18)2/h12-15H,4-9,11H2,1-3H3. The molecule has 0 aromatic carbocycles. The van der Waals surface area contributed by atoms with Crippen LogP contribution in [0.5, 0.6) is 0 Å². The van der Waals surface area contributed by atoms with E-state index in [1.807, 2.05) is 0 Å². The van der Waals surface area contributed by atoms with Gasteiger partial charge in [-0.3, -0.25) is 4.90 Å². The van der Waals surface area contributed by atoms with Gasteiger partial charge in [0, 0.05) is 31.7 Å². The average molecular weight is 249 g/mol. The Hall–Kier alpha value is -0.590. The molecule has 3 heteroatoms. The van der Waals surface area contributed by atoms with Crippen molar-refractivity contribution in [2.75, 3.05) is 26.7 Å². The highest BCUT2D eigenvalue weighted by atomic mass is 15.3. The molecule has 4 atom stereocenters. The van der Waals surface area contributed by atoms with Crippen molar-refractivity contribution < 1.29 is 0 Å². The average Bonchev–Trinajstić information content (AvgIpc) is 2.38. The number of hydrogen-bond donors (Lipinski definition) is 0. The molecule has 0 amide bonds. The minimum Gasteiger partial charge on any atom is -0.304 e. The normalized spacial score (nSPS) is 39.4. The Bertz CT molecular complexity index is 309. The number of nitriles is 1. The Labute approximate surface area is 112 Å². The van der Waals surface area contributed by atoms with Crippen molar-refractivity contribution in [3.05, 3.63) is 0 Å². The quantitative estimate of drug-likeness (QED) is 0.752. The topological polar surface area (TPSA) is 30.3 Å². The van der Waals surface area contributed by atoms with Gasteiger partial charge in [0.2, 0.25) is 0 Å². The van der Waals surface area contributed by atoms with Gasteiger partial charge < -0.3 is 4.90 Å². The first-order valence-corrected chi connectivity index (χ1v) is 7.49. The molecular formula is C15H27N3. The van der Waals surface area contributed by atoms with Crippen LogP contribution in [-0.2, 0) is 0 Å². The zero-order valence-corrected chi connectivity index (χ0v) is 12.1. The largest absolute Gasteiger partial charge is 0.304 e. The van der Waals surface area contributed by atoms with Crippen LogP contribution in [0.1, 0.15) is 39.5 Å². The van der Waals surface area contributed by atoms with Crippen molar-refractivity contribution in [2.45, 2.75) is 51.6 Å². The third-order valence-electron chi connectivity index (χ3n) is 4.98. The lowest BCUT2D eigenvalue weighted by Crippen LogP contribution is -2.57. The lowest BCUT2D eigenvalue weighted by molar-refractivity contribution is 0.0190. The lowest BCUT2D eigenvalue weighted by Gasteiger charge is -2.47. The van der Waals surface area contributed by atoms with Gasteiger partial charge in [0.25, 0.3) is 0 Å². The summed E-state index contributed by atoms with van der Waals surface area (Å²) in [6.07, 6.45) is 4.88. The number of rotatable bonds is 2. The molecule has 0 aromatic heterocycles. The van der Waals surface area contributed by atoms with E-state index in [2.05, 4.69) is 36.8 Å².